The van der Waals surface area contributed by atoms with Gasteiger partial charge in [-0.1, -0.05) is 42.3 Å². The second kappa shape index (κ2) is 11.8. The van der Waals surface area contributed by atoms with Gasteiger partial charge in [0.2, 0.25) is 5.91 Å². The largest absolute Gasteiger partial charge is 0.416 e. The third kappa shape index (κ3) is 6.19. The predicted molar refractivity (Wildman–Crippen MR) is 152 cm³/mol. The summed E-state index contributed by atoms with van der Waals surface area (Å²) in [5.41, 5.74) is 2.99. The summed E-state index contributed by atoms with van der Waals surface area (Å²) in [6.07, 6.45) is 7.03. The number of carbonyl (C=O) groups excluding carboxylic acids is 1. The van der Waals surface area contributed by atoms with Crippen molar-refractivity contribution in [3.8, 4) is 0 Å². The van der Waals surface area contributed by atoms with Gasteiger partial charge in [0.05, 0.1) is 22.2 Å². The number of rotatable bonds is 8. The zero-order chi connectivity index (χ0) is 30.2. The number of sulfonamides is 1. The van der Waals surface area contributed by atoms with E-state index in [0.717, 1.165) is 60.7 Å². The number of aromatic nitrogens is 3. The highest BCUT2D eigenvalue weighted by Crippen LogP contribution is 2.34. The molecule has 3 aliphatic rings. The van der Waals surface area contributed by atoms with Gasteiger partial charge in [-0.25, -0.2) is 13.1 Å². The lowest BCUT2D eigenvalue weighted by atomic mass is 9.86. The molecule has 1 fully saturated rings. The monoisotopic (exact) mass is 614 g/mol. The summed E-state index contributed by atoms with van der Waals surface area (Å²) in [6.45, 7) is 0.841. The van der Waals surface area contributed by atoms with Crippen molar-refractivity contribution in [2.24, 2.45) is 0 Å². The minimum Gasteiger partial charge on any atom is -0.329 e. The van der Waals surface area contributed by atoms with Crippen LogP contribution in [0.4, 0.5) is 13.2 Å². The van der Waals surface area contributed by atoms with Crippen LogP contribution in [0, 0.1) is 0 Å². The average molecular weight is 615 g/mol. The molecule has 1 amide bonds. The highest BCUT2D eigenvalue weighted by molar-refractivity contribution is 7.89. The maximum absolute atomic E-state index is 13.4. The lowest BCUT2D eigenvalue weighted by Gasteiger charge is -2.31. The average Bonchev–Trinajstić information content (AvgIpc) is 3.69. The van der Waals surface area contributed by atoms with Crippen LogP contribution in [0.25, 0.3) is 0 Å². The zero-order valence-electron chi connectivity index (χ0n) is 23.4. The first-order valence-corrected chi connectivity index (χ1v) is 16.0. The summed E-state index contributed by atoms with van der Waals surface area (Å²) < 4.78 is 69.2. The van der Waals surface area contributed by atoms with E-state index in [2.05, 4.69) is 39.1 Å². The number of halogens is 3. The molecule has 13 heteroatoms. The number of hydrogen-bond acceptors (Lipinski definition) is 6. The molecule has 0 saturated heterocycles. The fourth-order valence-corrected chi connectivity index (χ4v) is 7.77. The molecule has 1 aliphatic heterocycles. The highest BCUT2D eigenvalue weighted by Gasteiger charge is 2.38. The summed E-state index contributed by atoms with van der Waals surface area (Å²) in [6, 6.07) is 9.31. The molecule has 43 heavy (non-hydrogen) atoms. The standard InChI is InChI=1S/C30H33F3N6O3S/c31-30(32,33)22-6-4-9-25(16-22)43(41,42)39-14-13-34-29(40)28(39)17-24-19-38(37-36-24)27-10-3-5-21-15-20(11-12-26(21)27)18-35-23-7-1-2-8-23/h4,6,9,11-16,19,23,27-28,35H,1-3,5,7-8,10,17-18H2,(H,34,40)/t27-,28-/m1/s1. The number of amides is 1. The van der Waals surface area contributed by atoms with E-state index in [1.807, 2.05) is 0 Å². The molecular weight excluding hydrogens is 581 g/mol. The summed E-state index contributed by atoms with van der Waals surface area (Å²) in [7, 11) is -4.49. The molecule has 2 atom stereocenters. The van der Waals surface area contributed by atoms with Crippen LogP contribution in [0.5, 0.6) is 0 Å². The summed E-state index contributed by atoms with van der Waals surface area (Å²) in [4.78, 5) is 12.3. The minimum atomic E-state index is -4.72. The normalized spacial score (nSPS) is 21.2. The van der Waals surface area contributed by atoms with Gasteiger partial charge in [0, 0.05) is 37.6 Å². The van der Waals surface area contributed by atoms with E-state index in [0.29, 0.717) is 17.8 Å². The lowest BCUT2D eigenvalue weighted by molar-refractivity contribution is -0.137. The molecular formula is C30H33F3N6O3S. The van der Waals surface area contributed by atoms with Crippen molar-refractivity contribution in [2.75, 3.05) is 0 Å². The van der Waals surface area contributed by atoms with Crippen LogP contribution in [-0.4, -0.2) is 45.7 Å². The Morgan fingerprint density at radius 3 is 2.65 bits per heavy atom. The molecule has 3 aromatic rings. The van der Waals surface area contributed by atoms with Gasteiger partial charge < -0.3 is 10.6 Å². The Balaban J connectivity index is 1.20. The minimum absolute atomic E-state index is 0.0492. The summed E-state index contributed by atoms with van der Waals surface area (Å²) in [5.74, 6) is -0.616. The van der Waals surface area contributed by atoms with E-state index >= 15 is 0 Å². The molecule has 2 heterocycles. The van der Waals surface area contributed by atoms with Gasteiger partial charge in [0.1, 0.15) is 6.04 Å². The van der Waals surface area contributed by atoms with Gasteiger partial charge >= 0.3 is 6.18 Å². The van der Waals surface area contributed by atoms with Crippen LogP contribution in [0.15, 0.2) is 66.0 Å². The number of fused-ring (bicyclic) bond motifs is 1. The third-order valence-electron chi connectivity index (χ3n) is 8.51. The van der Waals surface area contributed by atoms with E-state index < -0.39 is 38.6 Å². The van der Waals surface area contributed by atoms with Crippen molar-refractivity contribution in [3.05, 3.63) is 89.0 Å². The Hall–Kier alpha value is -3.71. The van der Waals surface area contributed by atoms with Gasteiger partial charge in [-0.15, -0.1) is 5.10 Å². The Morgan fingerprint density at radius 2 is 1.86 bits per heavy atom. The molecule has 6 rings (SSSR count). The van der Waals surface area contributed by atoms with E-state index in [4.69, 9.17) is 0 Å². The molecule has 2 aromatic carbocycles. The van der Waals surface area contributed by atoms with Crippen LogP contribution < -0.4 is 10.6 Å². The van der Waals surface area contributed by atoms with E-state index in [9.17, 15) is 26.4 Å². The molecule has 1 saturated carbocycles. The number of aryl methyl sites for hydroxylation is 1. The fraction of sp³-hybridized carbons (Fsp3) is 0.433. The van der Waals surface area contributed by atoms with Crippen molar-refractivity contribution < 1.29 is 26.4 Å². The second-order valence-corrected chi connectivity index (χ2v) is 13.2. The molecule has 2 aliphatic carbocycles. The van der Waals surface area contributed by atoms with Gasteiger partial charge in [-0.3, -0.25) is 9.10 Å². The first-order valence-electron chi connectivity index (χ1n) is 14.5. The first kappa shape index (κ1) is 29.4. The van der Waals surface area contributed by atoms with Crippen molar-refractivity contribution in [2.45, 2.75) is 87.1 Å². The van der Waals surface area contributed by atoms with E-state index in [1.165, 1.54) is 42.4 Å². The summed E-state index contributed by atoms with van der Waals surface area (Å²) >= 11 is 0. The lowest BCUT2D eigenvalue weighted by Crippen LogP contribution is -2.50. The van der Waals surface area contributed by atoms with Crippen molar-refractivity contribution >= 4 is 15.9 Å². The van der Waals surface area contributed by atoms with Gasteiger partial charge in [0.25, 0.3) is 10.0 Å². The topological polar surface area (TPSA) is 109 Å². The number of hydrogen-bond donors (Lipinski definition) is 2. The molecule has 1 aromatic heterocycles. The first-order chi connectivity index (χ1) is 20.6. The smallest absolute Gasteiger partial charge is 0.329 e. The van der Waals surface area contributed by atoms with Crippen molar-refractivity contribution in [3.63, 3.8) is 0 Å². The Morgan fingerprint density at radius 1 is 1.05 bits per heavy atom. The molecule has 2 N–H and O–H groups in total. The third-order valence-corrected chi connectivity index (χ3v) is 10.3. The van der Waals surface area contributed by atoms with E-state index in [1.54, 1.807) is 10.9 Å². The van der Waals surface area contributed by atoms with Gasteiger partial charge in [-0.05, 0) is 67.0 Å². The molecule has 0 bridgehead atoms. The van der Waals surface area contributed by atoms with Gasteiger partial charge in [0.15, 0.2) is 0 Å². The molecule has 9 nitrogen and oxygen atoms in total. The van der Waals surface area contributed by atoms with Crippen LogP contribution in [-0.2, 0) is 40.4 Å². The SMILES string of the molecule is O=C1NC=CN(S(=O)(=O)c2cccc(C(F)(F)F)c2)[C@@H]1Cc1cn([C@@H]2CCCc3cc(CNC4CCCC4)ccc32)nn1. The number of alkyl halides is 3. The molecule has 228 valence electrons. The fourth-order valence-electron chi connectivity index (χ4n) is 6.27. The molecule has 0 radical (unpaired) electrons. The Labute approximate surface area is 248 Å². The molecule has 0 spiro atoms. The quantitative estimate of drug-likeness (QED) is 0.388. The predicted octanol–water partition coefficient (Wildman–Crippen LogP) is 4.46. The highest BCUT2D eigenvalue weighted by atomic mass is 32.2. The van der Waals surface area contributed by atoms with Crippen molar-refractivity contribution in [1.29, 1.82) is 0 Å². The Kier molecular flexibility index (Phi) is 8.03. The number of benzene rings is 2. The van der Waals surface area contributed by atoms with Crippen LogP contribution in [0.3, 0.4) is 0 Å². The number of nitrogens with zero attached hydrogens (tertiary/aromatic N) is 4. The zero-order valence-corrected chi connectivity index (χ0v) is 24.2. The second-order valence-electron chi connectivity index (χ2n) is 11.4. The van der Waals surface area contributed by atoms with E-state index in [-0.39, 0.29) is 12.5 Å². The maximum atomic E-state index is 13.4. The van der Waals surface area contributed by atoms with Crippen LogP contribution >= 0.6 is 0 Å². The number of nitrogens with one attached hydrogen (secondary N) is 2. The van der Waals surface area contributed by atoms with Crippen LogP contribution in [0.2, 0.25) is 0 Å². The van der Waals surface area contributed by atoms with Crippen LogP contribution in [0.1, 0.15) is 72.5 Å². The van der Waals surface area contributed by atoms with Crippen molar-refractivity contribution in [1.82, 2.24) is 29.9 Å². The number of carbonyl (C=O) groups is 1. The molecule has 0 unspecified atom stereocenters. The van der Waals surface area contributed by atoms with Gasteiger partial charge in [-0.2, -0.15) is 13.2 Å². The Bertz CT molecular complexity index is 1630. The maximum Gasteiger partial charge on any atom is 0.416 e. The summed E-state index contributed by atoms with van der Waals surface area (Å²) in [5, 5.41) is 14.7.